The van der Waals surface area contributed by atoms with E-state index in [0.717, 1.165) is 6.54 Å². The van der Waals surface area contributed by atoms with Gasteiger partial charge in [0.2, 0.25) is 0 Å². The normalized spacial score (nSPS) is 28.8. The van der Waals surface area contributed by atoms with Gasteiger partial charge < -0.3 is 5.43 Å². The Labute approximate surface area is 61.7 Å². The largest absolute Gasteiger partial charge is 0.309 e. The number of nitrogens with one attached hydrogen (secondary N) is 1. The molecule has 0 unspecified atom stereocenters. The van der Waals surface area contributed by atoms with Crippen LogP contribution in [0.25, 0.3) is 0 Å². The van der Waals surface area contributed by atoms with Gasteiger partial charge in [-0.3, -0.25) is 0 Å². The van der Waals surface area contributed by atoms with Crippen LogP contribution in [0.5, 0.6) is 0 Å². The molecule has 0 atom stereocenters. The molecule has 1 fully saturated rings. The maximum Gasteiger partial charge on any atom is 0.0436 e. The van der Waals surface area contributed by atoms with Crippen molar-refractivity contribution in [3.05, 3.63) is 0 Å². The molecule has 0 radical (unpaired) electrons. The zero-order valence-electron chi connectivity index (χ0n) is 6.27. The van der Waals surface area contributed by atoms with Crippen LogP contribution in [0.3, 0.4) is 0 Å². The van der Waals surface area contributed by atoms with E-state index in [1.54, 1.807) is 0 Å². The molecule has 2 rings (SSSR count). The van der Waals surface area contributed by atoms with Gasteiger partial charge in [-0.2, -0.15) is 5.10 Å². The lowest BCUT2D eigenvalue weighted by Crippen LogP contribution is -2.29. The monoisotopic (exact) mass is 138 g/mol. The van der Waals surface area contributed by atoms with Crippen LogP contribution in [0, 0.1) is 5.41 Å². The summed E-state index contributed by atoms with van der Waals surface area (Å²) < 4.78 is 0. The highest BCUT2D eigenvalue weighted by Gasteiger charge is 2.32. The minimum absolute atomic E-state index is 0.470. The molecular formula is C8H14N2. The van der Waals surface area contributed by atoms with Crippen molar-refractivity contribution in [2.24, 2.45) is 10.5 Å². The summed E-state index contributed by atoms with van der Waals surface area (Å²) in [6, 6.07) is 0. The first-order valence-corrected chi connectivity index (χ1v) is 4.18. The van der Waals surface area contributed by atoms with Crippen LogP contribution in [-0.4, -0.2) is 12.8 Å². The summed E-state index contributed by atoms with van der Waals surface area (Å²) in [5, 5.41) is 4.09. The minimum atomic E-state index is 0.470. The van der Waals surface area contributed by atoms with Crippen LogP contribution in [0.15, 0.2) is 5.10 Å². The lowest BCUT2D eigenvalue weighted by molar-refractivity contribution is 0.298. The number of nitrogens with zero attached hydrogens (tertiary/aromatic N) is 1. The van der Waals surface area contributed by atoms with Gasteiger partial charge in [0.25, 0.3) is 0 Å². The molecule has 10 heavy (non-hydrogen) atoms. The molecule has 1 saturated carbocycles. The first-order chi connectivity index (χ1) is 4.91. The Morgan fingerprint density at radius 3 is 2.60 bits per heavy atom. The molecule has 2 aliphatic rings. The molecule has 0 amide bonds. The molecule has 0 aromatic rings. The quantitative estimate of drug-likeness (QED) is 0.539. The first-order valence-electron chi connectivity index (χ1n) is 4.18. The van der Waals surface area contributed by atoms with Gasteiger partial charge in [0.1, 0.15) is 0 Å². The van der Waals surface area contributed by atoms with Gasteiger partial charge >= 0.3 is 0 Å². The highest BCUT2D eigenvalue weighted by Crippen LogP contribution is 2.35. The number of hydrazone groups is 1. The zero-order chi connectivity index (χ0) is 6.86. The maximum atomic E-state index is 4.09. The zero-order valence-corrected chi connectivity index (χ0v) is 6.27. The molecule has 0 saturated heterocycles. The molecule has 1 aliphatic heterocycles. The molecule has 0 bridgehead atoms. The van der Waals surface area contributed by atoms with Crippen molar-refractivity contribution >= 4 is 6.21 Å². The number of hydrogen-bond acceptors (Lipinski definition) is 2. The van der Waals surface area contributed by atoms with Crippen molar-refractivity contribution in [3.63, 3.8) is 0 Å². The van der Waals surface area contributed by atoms with Gasteiger partial charge in [0, 0.05) is 18.2 Å². The SMILES string of the molecule is C1=NNCC12CCCCC2. The Morgan fingerprint density at radius 2 is 2.00 bits per heavy atom. The molecule has 0 aromatic carbocycles. The van der Waals surface area contributed by atoms with E-state index in [9.17, 15) is 0 Å². The predicted octanol–water partition coefficient (Wildman–Crippen LogP) is 1.53. The molecule has 2 heteroatoms. The molecule has 0 aromatic heterocycles. The second-order valence-corrected chi connectivity index (χ2v) is 3.52. The van der Waals surface area contributed by atoms with Gasteiger partial charge in [0.05, 0.1) is 0 Å². The Morgan fingerprint density at radius 1 is 1.20 bits per heavy atom. The van der Waals surface area contributed by atoms with E-state index in [1.165, 1.54) is 32.1 Å². The van der Waals surface area contributed by atoms with E-state index >= 15 is 0 Å². The van der Waals surface area contributed by atoms with Crippen molar-refractivity contribution < 1.29 is 0 Å². The molecule has 1 aliphatic carbocycles. The van der Waals surface area contributed by atoms with E-state index in [1.807, 2.05) is 0 Å². The Bertz CT molecular complexity index is 145. The molecule has 56 valence electrons. The second kappa shape index (κ2) is 2.26. The van der Waals surface area contributed by atoms with E-state index in [-0.39, 0.29) is 0 Å². The molecular weight excluding hydrogens is 124 g/mol. The van der Waals surface area contributed by atoms with E-state index in [4.69, 9.17) is 0 Å². The number of rotatable bonds is 0. The highest BCUT2D eigenvalue weighted by molar-refractivity contribution is 5.67. The summed E-state index contributed by atoms with van der Waals surface area (Å²) in [5.41, 5.74) is 3.52. The van der Waals surface area contributed by atoms with Crippen molar-refractivity contribution in [3.8, 4) is 0 Å². The molecule has 1 N–H and O–H groups in total. The van der Waals surface area contributed by atoms with Crippen LogP contribution in [-0.2, 0) is 0 Å². The summed E-state index contributed by atoms with van der Waals surface area (Å²) in [7, 11) is 0. The fourth-order valence-electron chi connectivity index (χ4n) is 1.99. The van der Waals surface area contributed by atoms with Crippen molar-refractivity contribution in [1.82, 2.24) is 5.43 Å². The number of hydrogen-bond donors (Lipinski definition) is 1. The Kier molecular flexibility index (Phi) is 1.40. The lowest BCUT2D eigenvalue weighted by atomic mass is 9.76. The first kappa shape index (κ1) is 6.20. The van der Waals surface area contributed by atoms with Gasteiger partial charge in [-0.05, 0) is 12.8 Å². The summed E-state index contributed by atoms with van der Waals surface area (Å²) in [4.78, 5) is 0. The van der Waals surface area contributed by atoms with Gasteiger partial charge in [-0.1, -0.05) is 19.3 Å². The van der Waals surface area contributed by atoms with Crippen molar-refractivity contribution in [2.45, 2.75) is 32.1 Å². The second-order valence-electron chi connectivity index (χ2n) is 3.52. The molecule has 2 nitrogen and oxygen atoms in total. The minimum Gasteiger partial charge on any atom is -0.309 e. The highest BCUT2D eigenvalue weighted by atomic mass is 15.3. The van der Waals surface area contributed by atoms with Crippen molar-refractivity contribution in [2.75, 3.05) is 6.54 Å². The smallest absolute Gasteiger partial charge is 0.0436 e. The van der Waals surface area contributed by atoms with Crippen LogP contribution in [0.4, 0.5) is 0 Å². The standard InChI is InChI=1S/C8H14N2/c1-2-4-8(5-3-1)6-9-10-7-8/h6,10H,1-5,7H2. The average molecular weight is 138 g/mol. The summed E-state index contributed by atoms with van der Waals surface area (Å²) in [6.07, 6.45) is 9.05. The summed E-state index contributed by atoms with van der Waals surface area (Å²) in [5.74, 6) is 0. The van der Waals surface area contributed by atoms with Crippen LogP contribution in [0.1, 0.15) is 32.1 Å². The lowest BCUT2D eigenvalue weighted by Gasteiger charge is -2.29. The predicted molar refractivity (Wildman–Crippen MR) is 42.0 cm³/mol. The third-order valence-electron chi connectivity index (χ3n) is 2.71. The average Bonchev–Trinajstić information content (AvgIpc) is 2.39. The fourth-order valence-corrected chi connectivity index (χ4v) is 1.99. The third-order valence-corrected chi connectivity index (χ3v) is 2.71. The third kappa shape index (κ3) is 0.917. The van der Waals surface area contributed by atoms with E-state index in [2.05, 4.69) is 16.7 Å². The van der Waals surface area contributed by atoms with E-state index in [0.29, 0.717) is 5.41 Å². The fraction of sp³-hybridized carbons (Fsp3) is 0.875. The topological polar surface area (TPSA) is 24.4 Å². The van der Waals surface area contributed by atoms with E-state index < -0.39 is 0 Å². The van der Waals surface area contributed by atoms with Crippen LogP contribution in [0.2, 0.25) is 0 Å². The Balaban J connectivity index is 2.05. The van der Waals surface area contributed by atoms with Gasteiger partial charge in [-0.25, -0.2) is 0 Å². The van der Waals surface area contributed by atoms with Gasteiger partial charge in [0.15, 0.2) is 0 Å². The maximum absolute atomic E-state index is 4.09. The van der Waals surface area contributed by atoms with Crippen LogP contribution >= 0.6 is 0 Å². The molecule has 1 heterocycles. The van der Waals surface area contributed by atoms with Crippen molar-refractivity contribution in [1.29, 1.82) is 0 Å². The molecule has 1 spiro atoms. The van der Waals surface area contributed by atoms with Gasteiger partial charge in [-0.15, -0.1) is 0 Å². The summed E-state index contributed by atoms with van der Waals surface area (Å²) in [6.45, 7) is 1.09. The Hall–Kier alpha value is -0.530. The van der Waals surface area contributed by atoms with Crippen LogP contribution < -0.4 is 5.43 Å². The summed E-state index contributed by atoms with van der Waals surface area (Å²) >= 11 is 0.